The van der Waals surface area contributed by atoms with Crippen LogP contribution >= 0.6 is 0 Å². The number of aromatic nitrogens is 2. The van der Waals surface area contributed by atoms with Crippen LogP contribution in [0.2, 0.25) is 0 Å². The molecule has 0 amide bonds. The van der Waals surface area contributed by atoms with Crippen molar-refractivity contribution in [1.29, 1.82) is 0 Å². The molecule has 0 radical (unpaired) electrons. The maximum atomic E-state index is 10.8. The van der Waals surface area contributed by atoms with Gasteiger partial charge in [-0.05, 0) is 6.92 Å². The lowest BCUT2D eigenvalue weighted by Crippen LogP contribution is -1.97. The Morgan fingerprint density at radius 1 is 1.62 bits per heavy atom. The number of hydrogen-bond donors (Lipinski definition) is 2. The summed E-state index contributed by atoms with van der Waals surface area (Å²) in [5, 5.41) is 19.8. The molecule has 0 saturated carbocycles. The van der Waals surface area contributed by atoms with E-state index in [9.17, 15) is 14.9 Å². The van der Waals surface area contributed by atoms with E-state index in [4.69, 9.17) is 5.11 Å². The SMILES string of the molecule is Cc1nc2[nH]cc(C(=O)O)c2cc1[N+](=O)[O-]. The fourth-order valence-corrected chi connectivity index (χ4v) is 1.49. The Morgan fingerprint density at radius 2 is 2.31 bits per heavy atom. The normalized spacial score (nSPS) is 10.6. The predicted octanol–water partition coefficient (Wildman–Crippen LogP) is 1.48. The van der Waals surface area contributed by atoms with Crippen LogP contribution in [-0.2, 0) is 0 Å². The molecule has 2 N–H and O–H groups in total. The Hall–Kier alpha value is -2.44. The molecule has 82 valence electrons. The van der Waals surface area contributed by atoms with E-state index in [0.717, 1.165) is 0 Å². The van der Waals surface area contributed by atoms with Gasteiger partial charge in [-0.15, -0.1) is 0 Å². The van der Waals surface area contributed by atoms with Gasteiger partial charge in [-0.25, -0.2) is 9.78 Å². The van der Waals surface area contributed by atoms with Gasteiger partial charge in [0.2, 0.25) is 0 Å². The van der Waals surface area contributed by atoms with Gasteiger partial charge in [-0.3, -0.25) is 10.1 Å². The monoisotopic (exact) mass is 221 g/mol. The van der Waals surface area contributed by atoms with E-state index in [1.54, 1.807) is 0 Å². The summed E-state index contributed by atoms with van der Waals surface area (Å²) >= 11 is 0. The predicted molar refractivity (Wildman–Crippen MR) is 54.4 cm³/mol. The number of nitro groups is 1. The summed E-state index contributed by atoms with van der Waals surface area (Å²) in [6.07, 6.45) is 1.27. The first-order valence-electron chi connectivity index (χ1n) is 4.37. The second-order valence-electron chi connectivity index (χ2n) is 3.25. The summed E-state index contributed by atoms with van der Waals surface area (Å²) in [5.74, 6) is -1.15. The zero-order valence-corrected chi connectivity index (χ0v) is 8.22. The van der Waals surface area contributed by atoms with Crippen LogP contribution in [0.5, 0.6) is 0 Å². The molecule has 0 aliphatic carbocycles. The number of carboxylic acid groups (broad SMARTS) is 1. The first kappa shape index (κ1) is 10.1. The number of aryl methyl sites for hydroxylation is 1. The van der Waals surface area contributed by atoms with Gasteiger partial charge in [0, 0.05) is 17.6 Å². The number of nitrogens with one attached hydrogen (secondary N) is 1. The van der Waals surface area contributed by atoms with Gasteiger partial charge >= 0.3 is 5.97 Å². The largest absolute Gasteiger partial charge is 0.478 e. The topological polar surface area (TPSA) is 109 Å². The van der Waals surface area contributed by atoms with Crippen molar-refractivity contribution in [2.75, 3.05) is 0 Å². The zero-order valence-electron chi connectivity index (χ0n) is 8.22. The lowest BCUT2D eigenvalue weighted by molar-refractivity contribution is -0.385. The highest BCUT2D eigenvalue weighted by Crippen LogP contribution is 2.24. The van der Waals surface area contributed by atoms with E-state index < -0.39 is 10.9 Å². The first-order chi connectivity index (χ1) is 7.50. The lowest BCUT2D eigenvalue weighted by Gasteiger charge is -1.97. The molecule has 0 spiro atoms. The third-order valence-corrected chi connectivity index (χ3v) is 2.26. The van der Waals surface area contributed by atoms with Crippen LogP contribution in [0.1, 0.15) is 16.1 Å². The van der Waals surface area contributed by atoms with E-state index >= 15 is 0 Å². The van der Waals surface area contributed by atoms with Crippen LogP contribution in [-0.4, -0.2) is 26.0 Å². The van der Waals surface area contributed by atoms with Crippen molar-refractivity contribution < 1.29 is 14.8 Å². The molecule has 0 atom stereocenters. The molecular weight excluding hydrogens is 214 g/mol. The number of carboxylic acids is 1. The average molecular weight is 221 g/mol. The Kier molecular flexibility index (Phi) is 2.08. The summed E-state index contributed by atoms with van der Waals surface area (Å²) in [5.41, 5.74) is 0.372. The minimum atomic E-state index is -1.15. The van der Waals surface area contributed by atoms with Crippen LogP contribution in [0.3, 0.4) is 0 Å². The van der Waals surface area contributed by atoms with E-state index in [2.05, 4.69) is 9.97 Å². The molecule has 0 fully saturated rings. The molecule has 0 aliphatic heterocycles. The number of carbonyl (C=O) groups is 1. The first-order valence-corrected chi connectivity index (χ1v) is 4.37. The third-order valence-electron chi connectivity index (χ3n) is 2.26. The molecule has 2 heterocycles. The van der Waals surface area contributed by atoms with Crippen LogP contribution < -0.4 is 0 Å². The van der Waals surface area contributed by atoms with Gasteiger partial charge in [0.05, 0.1) is 10.5 Å². The molecule has 7 nitrogen and oxygen atoms in total. The molecule has 2 rings (SSSR count). The molecule has 0 bridgehead atoms. The van der Waals surface area contributed by atoms with E-state index in [0.29, 0.717) is 5.65 Å². The summed E-state index contributed by atoms with van der Waals surface area (Å²) in [4.78, 5) is 27.5. The van der Waals surface area contributed by atoms with Crippen molar-refractivity contribution >= 4 is 22.7 Å². The number of nitrogens with zero attached hydrogens (tertiary/aromatic N) is 2. The molecule has 0 unspecified atom stereocenters. The standard InChI is InChI=1S/C9H7N3O4/c1-4-7(12(15)16)2-5-6(9(13)14)3-10-8(5)11-4/h2-3H,1H3,(H,10,11)(H,13,14). The molecule has 16 heavy (non-hydrogen) atoms. The third kappa shape index (κ3) is 1.38. The number of fused-ring (bicyclic) bond motifs is 1. The van der Waals surface area contributed by atoms with Crippen molar-refractivity contribution in [3.05, 3.63) is 33.6 Å². The minimum Gasteiger partial charge on any atom is -0.478 e. The molecule has 0 aromatic carbocycles. The molecule has 0 saturated heterocycles. The van der Waals surface area contributed by atoms with Crippen LogP contribution in [0, 0.1) is 17.0 Å². The Morgan fingerprint density at radius 3 is 2.88 bits per heavy atom. The van der Waals surface area contributed by atoms with Crippen molar-refractivity contribution in [2.45, 2.75) is 6.92 Å². The number of pyridine rings is 1. The highest BCUT2D eigenvalue weighted by Gasteiger charge is 2.18. The van der Waals surface area contributed by atoms with Gasteiger partial charge in [0.25, 0.3) is 5.69 Å². The van der Waals surface area contributed by atoms with Gasteiger partial charge in [0.15, 0.2) is 0 Å². The molecule has 2 aromatic heterocycles. The number of hydrogen-bond acceptors (Lipinski definition) is 4. The quantitative estimate of drug-likeness (QED) is 0.589. The number of aromatic amines is 1. The van der Waals surface area contributed by atoms with Gasteiger partial charge in [0.1, 0.15) is 11.3 Å². The van der Waals surface area contributed by atoms with Crippen molar-refractivity contribution in [2.24, 2.45) is 0 Å². The zero-order chi connectivity index (χ0) is 11.9. The molecular formula is C9H7N3O4. The average Bonchev–Trinajstić information content (AvgIpc) is 2.58. The summed E-state index contributed by atoms with van der Waals surface area (Å²) in [6.45, 7) is 1.50. The fraction of sp³-hybridized carbons (Fsp3) is 0.111. The lowest BCUT2D eigenvalue weighted by atomic mass is 10.2. The highest BCUT2D eigenvalue weighted by atomic mass is 16.6. The maximum Gasteiger partial charge on any atom is 0.337 e. The second kappa shape index (κ2) is 3.30. The Balaban J connectivity index is 2.79. The van der Waals surface area contributed by atoms with E-state index in [1.165, 1.54) is 19.2 Å². The summed E-state index contributed by atoms with van der Waals surface area (Å²) in [7, 11) is 0. The number of rotatable bonds is 2. The van der Waals surface area contributed by atoms with Crippen LogP contribution in [0.15, 0.2) is 12.3 Å². The number of aromatic carboxylic acids is 1. The fourth-order valence-electron chi connectivity index (χ4n) is 1.49. The van der Waals surface area contributed by atoms with Gasteiger partial charge in [-0.1, -0.05) is 0 Å². The summed E-state index contributed by atoms with van der Waals surface area (Å²) < 4.78 is 0. The van der Waals surface area contributed by atoms with Gasteiger partial charge < -0.3 is 10.1 Å². The van der Waals surface area contributed by atoms with E-state index in [1.807, 2.05) is 0 Å². The van der Waals surface area contributed by atoms with Crippen LogP contribution in [0.4, 0.5) is 5.69 Å². The van der Waals surface area contributed by atoms with Crippen LogP contribution in [0.25, 0.3) is 11.0 Å². The second-order valence-corrected chi connectivity index (χ2v) is 3.25. The van der Waals surface area contributed by atoms with Crippen molar-refractivity contribution in [3.8, 4) is 0 Å². The Bertz CT molecular complexity index is 602. The van der Waals surface area contributed by atoms with Crippen molar-refractivity contribution in [3.63, 3.8) is 0 Å². The summed E-state index contributed by atoms with van der Waals surface area (Å²) in [6, 6.07) is 1.22. The molecule has 7 heteroatoms. The Labute approximate surface area is 88.9 Å². The maximum absolute atomic E-state index is 10.8. The van der Waals surface area contributed by atoms with Crippen molar-refractivity contribution in [1.82, 2.24) is 9.97 Å². The smallest absolute Gasteiger partial charge is 0.337 e. The minimum absolute atomic E-state index is 0.0226. The number of H-pyrrole nitrogens is 1. The molecule has 2 aromatic rings. The van der Waals surface area contributed by atoms with E-state index in [-0.39, 0.29) is 22.3 Å². The van der Waals surface area contributed by atoms with Gasteiger partial charge in [-0.2, -0.15) is 0 Å². The highest BCUT2D eigenvalue weighted by molar-refractivity contribution is 6.02. The molecule has 0 aliphatic rings.